The first-order valence-corrected chi connectivity index (χ1v) is 21.9. The highest BCUT2D eigenvalue weighted by Gasteiger charge is 2.22. The van der Waals surface area contributed by atoms with Gasteiger partial charge in [-0.1, -0.05) is 150 Å². The molecule has 3 rings (SSSR count). The number of carbonyl (C=O) groups excluding carboxylic acids is 1. The maximum Gasteiger partial charge on any atom is 0.203 e. The van der Waals surface area contributed by atoms with E-state index < -0.39 is 11.9 Å². The molecule has 1 aromatic rings. The zero-order chi connectivity index (χ0) is 37.4. The highest BCUT2D eigenvalue weighted by atomic mass is 16.4. The molecule has 1 aromatic carbocycles. The van der Waals surface area contributed by atoms with Crippen LogP contribution >= 0.6 is 0 Å². The maximum absolute atomic E-state index is 12.6. The molecule has 5 heteroatoms. The van der Waals surface area contributed by atoms with Gasteiger partial charge >= 0.3 is 0 Å². The van der Waals surface area contributed by atoms with Gasteiger partial charge in [0.2, 0.25) is 5.36 Å². The summed E-state index contributed by atoms with van der Waals surface area (Å²) in [6.07, 6.45) is 29.1. The van der Waals surface area contributed by atoms with Gasteiger partial charge in [0.1, 0.15) is 24.9 Å². The summed E-state index contributed by atoms with van der Waals surface area (Å²) in [5.41, 5.74) is 4.11. The molecule has 0 N–H and O–H groups in total. The molecule has 1 aliphatic heterocycles. The molecule has 1 aliphatic carbocycles. The Morgan fingerprint density at radius 2 is 1.21 bits per heavy atom. The van der Waals surface area contributed by atoms with Crippen molar-refractivity contribution < 1.29 is 14.3 Å². The molecule has 1 unspecified atom stereocenters. The summed E-state index contributed by atoms with van der Waals surface area (Å²) < 4.78 is 8.99. The van der Waals surface area contributed by atoms with Crippen molar-refractivity contribution in [3.8, 4) is 11.3 Å². The van der Waals surface area contributed by atoms with Crippen LogP contribution in [-0.2, 0) is 11.2 Å². The van der Waals surface area contributed by atoms with Gasteiger partial charge in [-0.15, -0.1) is 0 Å². The van der Waals surface area contributed by atoms with Crippen LogP contribution in [0.25, 0.3) is 22.3 Å². The number of rotatable bonds is 30. The molecule has 0 radical (unpaired) electrons. The fraction of sp³-hybridized carbons (Fsp3) is 0.702. The lowest BCUT2D eigenvalue weighted by Crippen LogP contribution is -2.33. The number of hydrogen-bond donors (Lipinski definition) is 0. The molecule has 0 spiro atoms. The number of carboxylic acids is 1. The number of aliphatic carboxylic acids is 1. The number of anilines is 1. The van der Waals surface area contributed by atoms with Gasteiger partial charge in [-0.2, -0.15) is 0 Å². The minimum Gasteiger partial charge on any atom is -0.550 e. The fourth-order valence-corrected chi connectivity index (χ4v) is 7.69. The summed E-state index contributed by atoms with van der Waals surface area (Å²) in [5, 5.41) is 14.8. The van der Waals surface area contributed by atoms with Crippen molar-refractivity contribution in [1.29, 1.82) is 0 Å². The number of unbranched alkanes of at least 4 members (excludes halogenated alkanes) is 18. The van der Waals surface area contributed by atoms with E-state index in [1.807, 2.05) is 0 Å². The first-order chi connectivity index (χ1) is 25.4. The van der Waals surface area contributed by atoms with E-state index in [0.717, 1.165) is 104 Å². The smallest absolute Gasteiger partial charge is 0.203 e. The van der Waals surface area contributed by atoms with Crippen LogP contribution in [0.2, 0.25) is 0 Å². The summed E-state index contributed by atoms with van der Waals surface area (Å²) in [5.74, 6) is -0.618. The second-order valence-electron chi connectivity index (χ2n) is 15.7. The van der Waals surface area contributed by atoms with Gasteiger partial charge in [-0.05, 0) is 49.4 Å². The lowest BCUT2D eigenvalue weighted by atomic mass is 9.88. The SMILES string of the molecule is CCCCCCCCCCCCCCCCCCC(Cc1c2ccc(=[N+](C)CCCC)cc-2oc2cc(N(CCCC)CCCC)ccc12)C(=O)[O-]. The zero-order valence-corrected chi connectivity index (χ0v) is 34.3. The summed E-state index contributed by atoms with van der Waals surface area (Å²) in [4.78, 5) is 15.1. The molecule has 0 bridgehead atoms. The van der Waals surface area contributed by atoms with Gasteiger partial charge < -0.3 is 19.2 Å². The normalized spacial score (nSPS) is 12.9. The van der Waals surface area contributed by atoms with Crippen molar-refractivity contribution in [3.05, 3.63) is 47.3 Å². The number of benzene rings is 2. The van der Waals surface area contributed by atoms with Crippen LogP contribution in [0, 0.1) is 5.92 Å². The Labute approximate surface area is 318 Å². The van der Waals surface area contributed by atoms with Gasteiger partial charge in [0.15, 0.2) is 0 Å². The molecule has 0 amide bonds. The van der Waals surface area contributed by atoms with E-state index in [1.165, 1.54) is 95.6 Å². The minimum atomic E-state index is -0.930. The number of carbonyl (C=O) groups is 1. The Bertz CT molecular complexity index is 1430. The molecule has 0 saturated heterocycles. The van der Waals surface area contributed by atoms with Crippen LogP contribution in [0.4, 0.5) is 5.69 Å². The molecule has 1 heterocycles. The molecule has 52 heavy (non-hydrogen) atoms. The third-order valence-corrected chi connectivity index (χ3v) is 11.2. The van der Waals surface area contributed by atoms with E-state index >= 15 is 0 Å². The maximum atomic E-state index is 12.6. The van der Waals surface area contributed by atoms with E-state index in [9.17, 15) is 9.90 Å². The van der Waals surface area contributed by atoms with Crippen LogP contribution in [0.5, 0.6) is 0 Å². The number of carboxylic acid groups (broad SMARTS) is 1. The van der Waals surface area contributed by atoms with E-state index in [4.69, 9.17) is 4.42 Å². The van der Waals surface area contributed by atoms with Crippen molar-refractivity contribution in [2.75, 3.05) is 31.6 Å². The van der Waals surface area contributed by atoms with Crippen molar-refractivity contribution in [1.82, 2.24) is 4.58 Å². The third-order valence-electron chi connectivity index (χ3n) is 11.2. The minimum absolute atomic E-state index is 0.462. The standard InChI is InChI=1S/C47H76N2O3/c1-6-10-14-15-16-17-18-19-20-21-22-23-24-25-26-27-28-39(47(50)51)36-44-42-31-29-40(48(5)33-11-7-2)37-45(42)52-46-38-41(30-32-43(44)46)49(34-12-8-3)35-13-9-4/h29-32,37-39H,6-28,33-36H2,1-5H3. The average Bonchev–Trinajstić information content (AvgIpc) is 3.15. The summed E-state index contributed by atoms with van der Waals surface area (Å²) >= 11 is 0. The van der Waals surface area contributed by atoms with Crippen LogP contribution < -0.4 is 19.9 Å². The second kappa shape index (κ2) is 26.0. The Morgan fingerprint density at radius 1 is 0.673 bits per heavy atom. The van der Waals surface area contributed by atoms with Crippen molar-refractivity contribution in [2.45, 2.75) is 182 Å². The van der Waals surface area contributed by atoms with Crippen LogP contribution in [0.3, 0.4) is 0 Å². The highest BCUT2D eigenvalue weighted by molar-refractivity contribution is 5.90. The van der Waals surface area contributed by atoms with E-state index in [-0.39, 0.29) is 0 Å². The number of nitrogens with zero attached hydrogens (tertiary/aromatic N) is 2. The quantitative estimate of drug-likeness (QED) is 0.0391. The van der Waals surface area contributed by atoms with Crippen molar-refractivity contribution >= 4 is 22.6 Å². The summed E-state index contributed by atoms with van der Waals surface area (Å²) in [6, 6.07) is 13.1. The topological polar surface area (TPSA) is 59.5 Å². The lowest BCUT2D eigenvalue weighted by Gasteiger charge is -2.26. The first kappa shape index (κ1) is 43.6. The molecule has 5 nitrogen and oxygen atoms in total. The Hall–Kier alpha value is -2.82. The molecule has 2 aliphatic rings. The predicted molar refractivity (Wildman–Crippen MR) is 222 cm³/mol. The first-order valence-electron chi connectivity index (χ1n) is 21.9. The van der Waals surface area contributed by atoms with Gasteiger partial charge in [-0.3, -0.25) is 0 Å². The molecule has 0 aromatic heterocycles. The lowest BCUT2D eigenvalue weighted by molar-refractivity contribution is -0.311. The van der Waals surface area contributed by atoms with Gasteiger partial charge in [-0.25, -0.2) is 4.58 Å². The molecule has 292 valence electrons. The molecule has 0 saturated carbocycles. The number of hydrogen-bond acceptors (Lipinski definition) is 4. The van der Waals surface area contributed by atoms with Crippen molar-refractivity contribution in [2.24, 2.45) is 5.92 Å². The van der Waals surface area contributed by atoms with Crippen molar-refractivity contribution in [3.63, 3.8) is 0 Å². The zero-order valence-electron chi connectivity index (χ0n) is 34.3. The average molecular weight is 717 g/mol. The highest BCUT2D eigenvalue weighted by Crippen LogP contribution is 2.37. The van der Waals surface area contributed by atoms with Crippen LogP contribution in [-0.4, -0.2) is 32.7 Å². The van der Waals surface area contributed by atoms with E-state index in [0.29, 0.717) is 12.8 Å². The van der Waals surface area contributed by atoms with E-state index in [2.05, 4.69) is 80.6 Å². The van der Waals surface area contributed by atoms with E-state index in [1.54, 1.807) is 0 Å². The van der Waals surface area contributed by atoms with Gasteiger partial charge in [0.25, 0.3) is 0 Å². The third kappa shape index (κ3) is 15.3. The second-order valence-corrected chi connectivity index (χ2v) is 15.7. The fourth-order valence-electron chi connectivity index (χ4n) is 7.69. The largest absolute Gasteiger partial charge is 0.550 e. The molecule has 0 fully saturated rings. The predicted octanol–water partition coefficient (Wildman–Crippen LogP) is 11.7. The van der Waals surface area contributed by atoms with Crippen LogP contribution in [0.15, 0.2) is 40.8 Å². The number of fused-ring (bicyclic) bond motifs is 2. The van der Waals surface area contributed by atoms with Gasteiger partial charge in [0.05, 0.1) is 6.07 Å². The summed E-state index contributed by atoms with van der Waals surface area (Å²) in [6.45, 7) is 12.0. The summed E-state index contributed by atoms with van der Waals surface area (Å²) in [7, 11) is 2.14. The Balaban J connectivity index is 1.66. The Kier molecular flexibility index (Phi) is 21.8. The monoisotopic (exact) mass is 717 g/mol. The van der Waals surface area contributed by atoms with Crippen LogP contribution in [0.1, 0.15) is 181 Å². The molecule has 1 atom stereocenters. The Morgan fingerprint density at radius 3 is 1.75 bits per heavy atom. The molecular formula is C47H76N2O3. The molecular weight excluding hydrogens is 641 g/mol. The van der Waals surface area contributed by atoms with Gasteiger partial charge in [0, 0.05) is 60.2 Å².